The molecule has 0 aliphatic rings. The second kappa shape index (κ2) is 8.89. The summed E-state index contributed by atoms with van der Waals surface area (Å²) in [5, 5.41) is 12.7. The number of aliphatic hydroxyl groups excluding tert-OH is 1. The van der Waals surface area contributed by atoms with Gasteiger partial charge in [-0.1, -0.05) is 6.07 Å². The van der Waals surface area contributed by atoms with E-state index < -0.39 is 12.0 Å². The summed E-state index contributed by atoms with van der Waals surface area (Å²) in [5.74, 6) is 0.649. The molecule has 1 atom stereocenters. The highest BCUT2D eigenvalue weighted by Gasteiger charge is 2.13. The fourth-order valence-electron chi connectivity index (χ4n) is 2.12. The molecule has 0 radical (unpaired) electrons. The largest absolute Gasteiger partial charge is 0.493 e. The number of hydrogen-bond donors (Lipinski definition) is 2. The highest BCUT2D eigenvalue weighted by atomic mass is 19.1. The summed E-state index contributed by atoms with van der Waals surface area (Å²) in [5.41, 5.74) is 0.581. The first-order chi connectivity index (χ1) is 12.0. The molecule has 134 valence electrons. The van der Waals surface area contributed by atoms with E-state index in [4.69, 9.17) is 14.2 Å². The molecule has 2 aromatic carbocycles. The third-order valence-corrected chi connectivity index (χ3v) is 3.47. The van der Waals surface area contributed by atoms with Gasteiger partial charge in [0.2, 0.25) is 0 Å². The maximum atomic E-state index is 12.8. The molecule has 0 fully saturated rings. The van der Waals surface area contributed by atoms with Gasteiger partial charge in [-0.25, -0.2) is 4.39 Å². The number of carbonyl (C=O) groups is 1. The molecule has 0 bridgehead atoms. The summed E-state index contributed by atoms with van der Waals surface area (Å²) in [4.78, 5) is 11.8. The number of halogens is 1. The third-order valence-electron chi connectivity index (χ3n) is 3.47. The number of aliphatic hydroxyl groups is 1. The van der Waals surface area contributed by atoms with Gasteiger partial charge in [0.15, 0.2) is 18.1 Å². The maximum absolute atomic E-state index is 12.8. The van der Waals surface area contributed by atoms with Crippen LogP contribution in [0.5, 0.6) is 17.2 Å². The van der Waals surface area contributed by atoms with Crippen molar-refractivity contribution in [3.63, 3.8) is 0 Å². The molecule has 0 spiro atoms. The molecule has 2 N–H and O–H groups in total. The first-order valence-electron chi connectivity index (χ1n) is 7.58. The van der Waals surface area contributed by atoms with Crippen molar-refractivity contribution in [3.8, 4) is 17.2 Å². The first kappa shape index (κ1) is 18.5. The average Bonchev–Trinajstić information content (AvgIpc) is 2.64. The van der Waals surface area contributed by atoms with Gasteiger partial charge < -0.3 is 24.6 Å². The number of amides is 1. The van der Waals surface area contributed by atoms with Crippen LogP contribution in [0.1, 0.15) is 11.7 Å². The molecular weight excluding hydrogens is 329 g/mol. The Morgan fingerprint density at radius 2 is 1.80 bits per heavy atom. The third kappa shape index (κ3) is 5.36. The number of ether oxygens (including phenoxy) is 3. The number of hydrogen-bond acceptors (Lipinski definition) is 5. The van der Waals surface area contributed by atoms with E-state index in [1.54, 1.807) is 18.2 Å². The lowest BCUT2D eigenvalue weighted by Crippen LogP contribution is -2.32. The molecule has 0 saturated heterocycles. The smallest absolute Gasteiger partial charge is 0.258 e. The van der Waals surface area contributed by atoms with Gasteiger partial charge in [0, 0.05) is 6.54 Å². The zero-order chi connectivity index (χ0) is 18.2. The Morgan fingerprint density at radius 3 is 2.44 bits per heavy atom. The molecule has 0 saturated carbocycles. The van der Waals surface area contributed by atoms with Gasteiger partial charge in [0.05, 0.1) is 20.3 Å². The molecule has 1 amide bonds. The molecule has 6 nitrogen and oxygen atoms in total. The van der Waals surface area contributed by atoms with Crippen LogP contribution >= 0.6 is 0 Å². The highest BCUT2D eigenvalue weighted by Crippen LogP contribution is 2.29. The van der Waals surface area contributed by atoms with Gasteiger partial charge in [0.25, 0.3) is 5.91 Å². The average molecular weight is 349 g/mol. The predicted octanol–water partition coefficient (Wildman–Crippen LogP) is 2.07. The lowest BCUT2D eigenvalue weighted by molar-refractivity contribution is -0.123. The van der Waals surface area contributed by atoms with Gasteiger partial charge in [-0.15, -0.1) is 0 Å². The Morgan fingerprint density at radius 1 is 1.12 bits per heavy atom. The van der Waals surface area contributed by atoms with Gasteiger partial charge in [0.1, 0.15) is 11.6 Å². The van der Waals surface area contributed by atoms with Crippen LogP contribution in [0.4, 0.5) is 4.39 Å². The fourth-order valence-corrected chi connectivity index (χ4v) is 2.12. The molecule has 0 aliphatic carbocycles. The summed E-state index contributed by atoms with van der Waals surface area (Å²) in [7, 11) is 3.03. The lowest BCUT2D eigenvalue weighted by Gasteiger charge is -2.15. The van der Waals surface area contributed by atoms with E-state index in [1.165, 1.54) is 38.5 Å². The predicted molar refractivity (Wildman–Crippen MR) is 89.4 cm³/mol. The molecule has 0 heterocycles. The standard InChI is InChI=1S/C18H20FNO5/c1-23-16-8-3-12(9-17(16)24-2)15(21)10-20-18(22)11-25-14-6-4-13(19)5-7-14/h3-9,15,21H,10-11H2,1-2H3,(H,20,22). The molecule has 7 heteroatoms. The minimum absolute atomic E-state index is 0.0150. The van der Waals surface area contributed by atoms with E-state index in [0.717, 1.165) is 0 Å². The summed E-state index contributed by atoms with van der Waals surface area (Å²) < 4.78 is 28.3. The monoisotopic (exact) mass is 349 g/mol. The summed E-state index contributed by atoms with van der Waals surface area (Å²) >= 11 is 0. The minimum Gasteiger partial charge on any atom is -0.493 e. The first-order valence-corrected chi connectivity index (χ1v) is 7.58. The quantitative estimate of drug-likeness (QED) is 0.763. The topological polar surface area (TPSA) is 77.0 Å². The van der Waals surface area contributed by atoms with Crippen molar-refractivity contribution in [3.05, 3.63) is 53.8 Å². The van der Waals surface area contributed by atoms with Crippen molar-refractivity contribution in [2.75, 3.05) is 27.4 Å². The van der Waals surface area contributed by atoms with E-state index in [2.05, 4.69) is 5.32 Å². The van der Waals surface area contributed by atoms with Crippen LogP contribution in [0.15, 0.2) is 42.5 Å². The van der Waals surface area contributed by atoms with Crippen molar-refractivity contribution in [1.29, 1.82) is 0 Å². The van der Waals surface area contributed by atoms with Gasteiger partial charge in [-0.2, -0.15) is 0 Å². The fraction of sp³-hybridized carbons (Fsp3) is 0.278. The van der Waals surface area contributed by atoms with E-state index in [0.29, 0.717) is 22.8 Å². The second-order valence-electron chi connectivity index (χ2n) is 5.18. The molecule has 2 aromatic rings. The van der Waals surface area contributed by atoms with Crippen molar-refractivity contribution in [2.45, 2.75) is 6.10 Å². The van der Waals surface area contributed by atoms with Gasteiger partial charge >= 0.3 is 0 Å². The SMILES string of the molecule is COc1ccc(C(O)CNC(=O)COc2ccc(F)cc2)cc1OC. The lowest BCUT2D eigenvalue weighted by atomic mass is 10.1. The summed E-state index contributed by atoms with van der Waals surface area (Å²) in [6.45, 7) is -0.217. The summed E-state index contributed by atoms with van der Waals surface area (Å²) in [6.07, 6.45) is -0.908. The zero-order valence-corrected chi connectivity index (χ0v) is 14.0. The van der Waals surface area contributed by atoms with Crippen LogP contribution in [0.3, 0.4) is 0 Å². The van der Waals surface area contributed by atoms with Crippen LogP contribution in [0.2, 0.25) is 0 Å². The number of nitrogens with one attached hydrogen (secondary N) is 1. The van der Waals surface area contributed by atoms with E-state index in [9.17, 15) is 14.3 Å². The van der Waals surface area contributed by atoms with Crippen LogP contribution in [-0.2, 0) is 4.79 Å². The van der Waals surface area contributed by atoms with Crippen molar-refractivity contribution in [2.24, 2.45) is 0 Å². The second-order valence-corrected chi connectivity index (χ2v) is 5.18. The Hall–Kier alpha value is -2.80. The van der Waals surface area contributed by atoms with Crippen LogP contribution in [0, 0.1) is 5.82 Å². The Balaban J connectivity index is 1.83. The number of carbonyl (C=O) groups excluding carboxylic acids is 1. The highest BCUT2D eigenvalue weighted by molar-refractivity contribution is 5.77. The van der Waals surface area contributed by atoms with E-state index >= 15 is 0 Å². The normalized spacial score (nSPS) is 11.5. The van der Waals surface area contributed by atoms with Crippen LogP contribution in [0.25, 0.3) is 0 Å². The molecule has 0 aliphatic heterocycles. The Kier molecular flexibility index (Phi) is 6.59. The maximum Gasteiger partial charge on any atom is 0.258 e. The summed E-state index contributed by atoms with van der Waals surface area (Å²) in [6, 6.07) is 10.4. The Bertz CT molecular complexity index is 705. The van der Waals surface area contributed by atoms with Crippen molar-refractivity contribution >= 4 is 5.91 Å². The molecule has 25 heavy (non-hydrogen) atoms. The van der Waals surface area contributed by atoms with Crippen LogP contribution in [-0.4, -0.2) is 38.4 Å². The zero-order valence-electron chi connectivity index (χ0n) is 14.0. The minimum atomic E-state index is -0.908. The van der Waals surface area contributed by atoms with E-state index in [1.807, 2.05) is 0 Å². The van der Waals surface area contributed by atoms with Gasteiger partial charge in [-0.3, -0.25) is 4.79 Å². The van der Waals surface area contributed by atoms with Gasteiger partial charge in [-0.05, 0) is 42.0 Å². The van der Waals surface area contributed by atoms with E-state index in [-0.39, 0.29) is 19.0 Å². The Labute approximate surface area is 145 Å². The number of rotatable bonds is 8. The van der Waals surface area contributed by atoms with Crippen LogP contribution < -0.4 is 19.5 Å². The van der Waals surface area contributed by atoms with Crippen molar-refractivity contribution < 1.29 is 28.5 Å². The number of methoxy groups -OCH3 is 2. The molecular formula is C18H20FNO5. The molecule has 2 rings (SSSR count). The molecule has 1 unspecified atom stereocenters. The van der Waals surface area contributed by atoms with Crippen molar-refractivity contribution in [1.82, 2.24) is 5.32 Å². The molecule has 0 aromatic heterocycles. The number of benzene rings is 2.